The average Bonchev–Trinajstić information content (AvgIpc) is 3.18. The number of benzene rings is 1. The van der Waals surface area contributed by atoms with Crippen LogP contribution in [0.25, 0.3) is 0 Å². The Hall–Kier alpha value is -0.560. The first-order valence-electron chi connectivity index (χ1n) is 6.08. The van der Waals surface area contributed by atoms with Crippen LogP contribution in [0.1, 0.15) is 28.8 Å². The lowest BCUT2D eigenvalue weighted by Gasteiger charge is -2.22. The van der Waals surface area contributed by atoms with Crippen LogP contribution in [0.2, 0.25) is 0 Å². The lowest BCUT2D eigenvalue weighted by atomic mass is 10.1. The summed E-state index contributed by atoms with van der Waals surface area (Å²) in [6.45, 7) is 0.501. The van der Waals surface area contributed by atoms with Crippen LogP contribution < -0.4 is 0 Å². The van der Waals surface area contributed by atoms with Gasteiger partial charge in [0.05, 0.1) is 5.56 Å². The number of alkyl halides is 4. The number of carbonyl (C=O) groups excluding carboxylic acids is 1. The Bertz CT molecular complexity index is 515. The highest BCUT2D eigenvalue weighted by molar-refractivity contribution is 9.10. The molecular formula is C13H12Br2F3NO. The van der Waals surface area contributed by atoms with E-state index < -0.39 is 11.7 Å². The molecule has 1 amide bonds. The fourth-order valence-corrected chi connectivity index (χ4v) is 2.82. The fourth-order valence-electron chi connectivity index (χ4n) is 1.97. The molecule has 0 spiro atoms. The maximum atomic E-state index is 12.8. The summed E-state index contributed by atoms with van der Waals surface area (Å²) in [5.41, 5.74) is -0.744. The molecule has 20 heavy (non-hydrogen) atoms. The molecule has 0 saturated heterocycles. The van der Waals surface area contributed by atoms with Crippen LogP contribution in [0.4, 0.5) is 13.2 Å². The zero-order valence-electron chi connectivity index (χ0n) is 10.4. The topological polar surface area (TPSA) is 20.3 Å². The molecule has 0 aliphatic heterocycles. The van der Waals surface area contributed by atoms with Crippen LogP contribution in [0, 0.1) is 0 Å². The molecule has 0 N–H and O–H groups in total. The van der Waals surface area contributed by atoms with Crippen molar-refractivity contribution in [2.45, 2.75) is 25.1 Å². The number of carbonyl (C=O) groups is 1. The Kier molecular flexibility index (Phi) is 4.79. The Labute approximate surface area is 131 Å². The third-order valence-corrected chi connectivity index (χ3v) is 4.14. The van der Waals surface area contributed by atoms with E-state index in [0.717, 1.165) is 18.9 Å². The molecule has 110 valence electrons. The van der Waals surface area contributed by atoms with E-state index in [4.69, 9.17) is 0 Å². The van der Waals surface area contributed by atoms with Crippen molar-refractivity contribution in [3.8, 4) is 0 Å². The number of hydrogen-bond acceptors (Lipinski definition) is 1. The lowest BCUT2D eigenvalue weighted by molar-refractivity contribution is -0.138. The van der Waals surface area contributed by atoms with E-state index in [2.05, 4.69) is 31.9 Å². The second-order valence-corrected chi connectivity index (χ2v) is 6.26. The van der Waals surface area contributed by atoms with E-state index in [1.807, 2.05) is 0 Å². The highest BCUT2D eigenvalue weighted by Crippen LogP contribution is 2.36. The molecule has 1 fully saturated rings. The summed E-state index contributed by atoms with van der Waals surface area (Å²) in [7, 11) is 0. The maximum Gasteiger partial charge on any atom is 0.417 e. The Morgan fingerprint density at radius 2 is 2.00 bits per heavy atom. The molecular weight excluding hydrogens is 403 g/mol. The second kappa shape index (κ2) is 6.05. The van der Waals surface area contributed by atoms with Gasteiger partial charge in [-0.05, 0) is 31.0 Å². The monoisotopic (exact) mass is 413 g/mol. The summed E-state index contributed by atoms with van der Waals surface area (Å²) in [5.74, 6) is -0.343. The highest BCUT2D eigenvalue weighted by Gasteiger charge is 2.36. The molecule has 0 heterocycles. The highest BCUT2D eigenvalue weighted by atomic mass is 79.9. The van der Waals surface area contributed by atoms with Gasteiger partial charge in [-0.15, -0.1) is 0 Å². The van der Waals surface area contributed by atoms with Crippen molar-refractivity contribution in [3.05, 3.63) is 33.8 Å². The SMILES string of the molecule is O=C(c1ccc(Br)c(C(F)(F)F)c1)N(CCBr)C1CC1. The first kappa shape index (κ1) is 15.8. The summed E-state index contributed by atoms with van der Waals surface area (Å²) < 4.78 is 38.5. The van der Waals surface area contributed by atoms with Crippen LogP contribution in [0.3, 0.4) is 0 Å². The minimum atomic E-state index is -4.48. The van der Waals surface area contributed by atoms with Crippen molar-refractivity contribution in [2.24, 2.45) is 0 Å². The average molecular weight is 415 g/mol. The first-order valence-corrected chi connectivity index (χ1v) is 7.99. The van der Waals surface area contributed by atoms with Crippen molar-refractivity contribution in [1.29, 1.82) is 0 Å². The number of amides is 1. The molecule has 0 radical (unpaired) electrons. The summed E-state index contributed by atoms with van der Waals surface area (Å²) in [6, 6.07) is 3.77. The van der Waals surface area contributed by atoms with Crippen LogP contribution >= 0.6 is 31.9 Å². The van der Waals surface area contributed by atoms with Gasteiger partial charge >= 0.3 is 6.18 Å². The fraction of sp³-hybridized carbons (Fsp3) is 0.462. The number of halogens is 5. The van der Waals surface area contributed by atoms with Crippen molar-refractivity contribution in [3.63, 3.8) is 0 Å². The number of nitrogens with zero attached hydrogens (tertiary/aromatic N) is 1. The molecule has 1 aliphatic carbocycles. The zero-order valence-corrected chi connectivity index (χ0v) is 13.6. The van der Waals surface area contributed by atoms with Gasteiger partial charge in [0.15, 0.2) is 0 Å². The van der Waals surface area contributed by atoms with Gasteiger partial charge in [0.1, 0.15) is 0 Å². The van der Waals surface area contributed by atoms with Crippen molar-refractivity contribution >= 4 is 37.8 Å². The Morgan fingerprint density at radius 3 is 2.50 bits per heavy atom. The molecule has 0 aromatic heterocycles. The van der Waals surface area contributed by atoms with Gasteiger partial charge in [0.2, 0.25) is 0 Å². The quantitative estimate of drug-likeness (QED) is 0.665. The molecule has 2 rings (SSSR count). The van der Waals surface area contributed by atoms with Gasteiger partial charge in [-0.2, -0.15) is 13.2 Å². The number of rotatable bonds is 4. The van der Waals surface area contributed by atoms with Gasteiger partial charge in [-0.25, -0.2) is 0 Å². The molecule has 0 bridgehead atoms. The third-order valence-electron chi connectivity index (χ3n) is 3.09. The van der Waals surface area contributed by atoms with E-state index in [1.165, 1.54) is 12.1 Å². The predicted octanol–water partition coefficient (Wildman–Crippen LogP) is 4.47. The van der Waals surface area contributed by atoms with Crippen LogP contribution in [0.5, 0.6) is 0 Å². The standard InChI is InChI=1S/C13H12Br2F3NO/c14-5-6-19(9-2-3-9)12(20)8-1-4-11(15)10(7-8)13(16,17)18/h1,4,7,9H,2-3,5-6H2. The maximum absolute atomic E-state index is 12.8. The molecule has 1 aromatic rings. The Morgan fingerprint density at radius 1 is 1.35 bits per heavy atom. The third kappa shape index (κ3) is 3.55. The minimum Gasteiger partial charge on any atom is -0.335 e. The van der Waals surface area contributed by atoms with Gasteiger partial charge in [-0.3, -0.25) is 4.79 Å². The number of hydrogen-bond donors (Lipinski definition) is 0. The van der Waals surface area contributed by atoms with Crippen molar-refractivity contribution < 1.29 is 18.0 Å². The first-order chi connectivity index (χ1) is 9.34. The lowest BCUT2D eigenvalue weighted by Crippen LogP contribution is -2.34. The van der Waals surface area contributed by atoms with Crippen molar-refractivity contribution in [1.82, 2.24) is 4.90 Å². The molecule has 0 atom stereocenters. The molecule has 0 unspecified atom stereocenters. The van der Waals surface area contributed by atoms with Crippen LogP contribution in [-0.2, 0) is 6.18 Å². The van der Waals surface area contributed by atoms with E-state index >= 15 is 0 Å². The summed E-state index contributed by atoms with van der Waals surface area (Å²) in [6.07, 6.45) is -2.64. The largest absolute Gasteiger partial charge is 0.417 e. The van der Waals surface area contributed by atoms with Gasteiger partial charge < -0.3 is 4.90 Å². The minimum absolute atomic E-state index is 0.0555. The Balaban J connectivity index is 2.30. The van der Waals surface area contributed by atoms with Crippen LogP contribution in [0.15, 0.2) is 22.7 Å². The van der Waals surface area contributed by atoms with Gasteiger partial charge in [-0.1, -0.05) is 31.9 Å². The van der Waals surface area contributed by atoms with E-state index in [1.54, 1.807) is 4.90 Å². The van der Waals surface area contributed by atoms with Gasteiger partial charge in [0.25, 0.3) is 5.91 Å². The van der Waals surface area contributed by atoms with Gasteiger partial charge in [0, 0.05) is 28.0 Å². The molecule has 2 nitrogen and oxygen atoms in total. The predicted molar refractivity (Wildman–Crippen MR) is 77.0 cm³/mol. The normalized spacial score (nSPS) is 15.2. The summed E-state index contributed by atoms with van der Waals surface area (Å²) in [5, 5.41) is 0.609. The molecule has 7 heteroatoms. The molecule has 1 saturated carbocycles. The van der Waals surface area contributed by atoms with Crippen LogP contribution in [-0.4, -0.2) is 28.7 Å². The second-order valence-electron chi connectivity index (χ2n) is 4.61. The van der Waals surface area contributed by atoms with Crippen molar-refractivity contribution in [2.75, 3.05) is 11.9 Å². The smallest absolute Gasteiger partial charge is 0.335 e. The van der Waals surface area contributed by atoms with E-state index in [-0.39, 0.29) is 22.0 Å². The van der Waals surface area contributed by atoms with E-state index in [0.29, 0.717) is 11.9 Å². The summed E-state index contributed by atoms with van der Waals surface area (Å²) >= 11 is 6.14. The zero-order chi connectivity index (χ0) is 14.9. The molecule has 1 aromatic carbocycles. The molecule has 1 aliphatic rings. The summed E-state index contributed by atoms with van der Waals surface area (Å²) in [4.78, 5) is 14.0. The van der Waals surface area contributed by atoms with E-state index in [9.17, 15) is 18.0 Å².